The SMILES string of the molecule is O=C1NC(=O)C(c2c[nH]c3sccc23)=C1c1nc(N2CCN3CCC=C3C2)nc2sccc12. The van der Waals surface area contributed by atoms with Crippen LogP contribution in [0.4, 0.5) is 5.95 Å². The molecule has 3 aliphatic rings. The van der Waals surface area contributed by atoms with Crippen LogP contribution in [0.25, 0.3) is 31.6 Å². The van der Waals surface area contributed by atoms with Crippen LogP contribution < -0.4 is 10.2 Å². The lowest BCUT2D eigenvalue weighted by Gasteiger charge is -2.35. The summed E-state index contributed by atoms with van der Waals surface area (Å²) < 4.78 is 0. The van der Waals surface area contributed by atoms with Gasteiger partial charge in [-0.2, -0.15) is 0 Å². The fraction of sp³-hybridized carbons (Fsp3) is 0.217. The van der Waals surface area contributed by atoms with Gasteiger partial charge in [-0.05, 0) is 29.3 Å². The van der Waals surface area contributed by atoms with E-state index in [4.69, 9.17) is 9.97 Å². The van der Waals surface area contributed by atoms with Crippen LogP contribution in [0.2, 0.25) is 0 Å². The van der Waals surface area contributed by atoms with Crippen molar-refractivity contribution in [3.63, 3.8) is 0 Å². The third-order valence-electron chi connectivity index (χ3n) is 6.51. The molecule has 164 valence electrons. The Bertz CT molecular complexity index is 1540. The van der Waals surface area contributed by atoms with E-state index in [9.17, 15) is 9.59 Å². The first-order chi connectivity index (χ1) is 16.2. The molecular weight excluding hydrogens is 456 g/mol. The number of piperazine rings is 1. The number of carbonyl (C=O) groups is 2. The molecule has 1 fully saturated rings. The van der Waals surface area contributed by atoms with Crippen LogP contribution in [0.5, 0.6) is 0 Å². The number of imide groups is 1. The quantitative estimate of drug-likeness (QED) is 0.443. The molecule has 4 aromatic rings. The second-order valence-corrected chi connectivity index (χ2v) is 10.1. The molecule has 0 unspecified atom stereocenters. The molecule has 3 aliphatic heterocycles. The van der Waals surface area contributed by atoms with E-state index >= 15 is 0 Å². The maximum atomic E-state index is 13.1. The number of thiophene rings is 2. The molecular formula is C23H18N6O2S2. The van der Waals surface area contributed by atoms with E-state index in [0.29, 0.717) is 22.8 Å². The van der Waals surface area contributed by atoms with Crippen molar-refractivity contribution in [3.05, 3.63) is 52.1 Å². The second-order valence-electron chi connectivity index (χ2n) is 8.30. The van der Waals surface area contributed by atoms with Gasteiger partial charge in [0.15, 0.2) is 0 Å². The number of H-pyrrole nitrogens is 1. The normalized spacial score (nSPS) is 18.6. The van der Waals surface area contributed by atoms with Crippen molar-refractivity contribution >= 4 is 72.0 Å². The average molecular weight is 475 g/mol. The zero-order chi connectivity index (χ0) is 22.1. The average Bonchev–Trinajstić information content (AvgIpc) is 3.61. The first-order valence-electron chi connectivity index (χ1n) is 10.8. The molecule has 7 rings (SSSR count). The van der Waals surface area contributed by atoms with Gasteiger partial charge in [-0.25, -0.2) is 9.97 Å². The van der Waals surface area contributed by atoms with Crippen molar-refractivity contribution in [3.8, 4) is 0 Å². The maximum Gasteiger partial charge on any atom is 0.261 e. The van der Waals surface area contributed by atoms with Crippen LogP contribution in [-0.2, 0) is 9.59 Å². The van der Waals surface area contributed by atoms with Crippen LogP contribution >= 0.6 is 22.7 Å². The van der Waals surface area contributed by atoms with Crippen LogP contribution in [0.15, 0.2) is 40.9 Å². The summed E-state index contributed by atoms with van der Waals surface area (Å²) >= 11 is 3.08. The minimum atomic E-state index is -0.417. The minimum absolute atomic E-state index is 0.317. The van der Waals surface area contributed by atoms with Gasteiger partial charge in [0.25, 0.3) is 11.8 Å². The topological polar surface area (TPSA) is 94.2 Å². The first-order valence-corrected chi connectivity index (χ1v) is 12.5. The number of fused-ring (bicyclic) bond motifs is 3. The molecule has 0 spiro atoms. The number of hydrogen-bond donors (Lipinski definition) is 2. The predicted octanol–water partition coefficient (Wildman–Crippen LogP) is 3.21. The molecule has 4 aromatic heterocycles. The van der Waals surface area contributed by atoms with Crippen molar-refractivity contribution < 1.29 is 9.59 Å². The number of hydrogen-bond acceptors (Lipinski definition) is 8. The fourth-order valence-corrected chi connectivity index (χ4v) is 6.47. The monoisotopic (exact) mass is 474 g/mol. The van der Waals surface area contributed by atoms with Crippen molar-refractivity contribution in [2.75, 3.05) is 31.1 Å². The number of amides is 2. The van der Waals surface area contributed by atoms with E-state index in [-0.39, 0.29) is 0 Å². The number of aromatic nitrogens is 3. The van der Waals surface area contributed by atoms with Crippen molar-refractivity contribution in [2.45, 2.75) is 6.42 Å². The highest BCUT2D eigenvalue weighted by atomic mass is 32.1. The van der Waals surface area contributed by atoms with Gasteiger partial charge in [0.1, 0.15) is 9.66 Å². The smallest absolute Gasteiger partial charge is 0.261 e. The number of rotatable bonds is 3. The summed E-state index contributed by atoms with van der Waals surface area (Å²) in [5, 5.41) is 8.13. The summed E-state index contributed by atoms with van der Waals surface area (Å²) in [7, 11) is 0. The summed E-state index contributed by atoms with van der Waals surface area (Å²) in [4.78, 5) is 45.3. The molecule has 33 heavy (non-hydrogen) atoms. The predicted molar refractivity (Wildman–Crippen MR) is 130 cm³/mol. The largest absolute Gasteiger partial charge is 0.372 e. The van der Waals surface area contributed by atoms with Crippen molar-refractivity contribution in [2.24, 2.45) is 0 Å². The van der Waals surface area contributed by atoms with Gasteiger partial charge in [0, 0.05) is 47.9 Å². The summed E-state index contributed by atoms with van der Waals surface area (Å²) in [6.45, 7) is 3.57. The van der Waals surface area contributed by atoms with Gasteiger partial charge in [-0.1, -0.05) is 6.08 Å². The molecule has 1 saturated heterocycles. The lowest BCUT2D eigenvalue weighted by atomic mass is 9.98. The summed E-state index contributed by atoms with van der Waals surface area (Å²) in [6, 6.07) is 3.89. The Labute approximate surface area is 196 Å². The van der Waals surface area contributed by atoms with Gasteiger partial charge in [0.05, 0.1) is 23.4 Å². The highest BCUT2D eigenvalue weighted by Crippen LogP contribution is 2.39. The number of nitrogens with zero attached hydrogens (tertiary/aromatic N) is 4. The molecule has 0 atom stereocenters. The second kappa shape index (κ2) is 7.00. The number of aromatic amines is 1. The van der Waals surface area contributed by atoms with E-state index in [0.717, 1.165) is 58.6 Å². The van der Waals surface area contributed by atoms with Gasteiger partial charge < -0.3 is 14.8 Å². The fourth-order valence-electron chi connectivity index (χ4n) is 4.94. The Morgan fingerprint density at radius 1 is 0.909 bits per heavy atom. The van der Waals surface area contributed by atoms with Crippen LogP contribution in [0.3, 0.4) is 0 Å². The maximum absolute atomic E-state index is 13.1. The number of carbonyl (C=O) groups excluding carboxylic acids is 2. The minimum Gasteiger partial charge on any atom is -0.372 e. The molecule has 2 N–H and O–H groups in total. The summed E-state index contributed by atoms with van der Waals surface area (Å²) in [5.41, 5.74) is 3.22. The summed E-state index contributed by atoms with van der Waals surface area (Å²) in [6.07, 6.45) is 5.15. The Morgan fingerprint density at radius 2 is 1.73 bits per heavy atom. The van der Waals surface area contributed by atoms with Crippen molar-refractivity contribution in [1.29, 1.82) is 0 Å². The molecule has 7 heterocycles. The van der Waals surface area contributed by atoms with Gasteiger partial charge >= 0.3 is 0 Å². The first kappa shape index (κ1) is 19.0. The number of anilines is 1. The molecule has 0 radical (unpaired) electrons. The third kappa shape index (κ3) is 2.80. The highest BCUT2D eigenvalue weighted by Gasteiger charge is 2.36. The Hall–Kier alpha value is -3.50. The Kier molecular flexibility index (Phi) is 4.03. The molecule has 8 nitrogen and oxygen atoms in total. The zero-order valence-corrected chi connectivity index (χ0v) is 19.1. The lowest BCUT2D eigenvalue weighted by Crippen LogP contribution is -2.44. The van der Waals surface area contributed by atoms with Crippen LogP contribution in [0, 0.1) is 0 Å². The molecule has 0 aromatic carbocycles. The molecule has 10 heteroatoms. The zero-order valence-electron chi connectivity index (χ0n) is 17.4. The van der Waals surface area contributed by atoms with Crippen LogP contribution in [0.1, 0.15) is 17.7 Å². The van der Waals surface area contributed by atoms with Crippen molar-refractivity contribution in [1.82, 2.24) is 25.2 Å². The molecule has 2 amide bonds. The molecule has 0 bridgehead atoms. The third-order valence-corrected chi connectivity index (χ3v) is 8.17. The standard InChI is InChI=1S/C23H18N6O2S2/c30-19-16(15-10-24-21-13(15)3-8-32-21)17(20(31)26-19)18-14-4-9-33-22(14)27-23(25-18)29-7-6-28-5-1-2-12(28)11-29/h2-4,8-10,24H,1,5-7,11H2,(H,26,30,31). The molecule has 0 aliphatic carbocycles. The Balaban J connectivity index is 1.43. The number of nitrogens with one attached hydrogen (secondary N) is 2. The molecule has 0 saturated carbocycles. The van der Waals surface area contributed by atoms with E-state index in [1.165, 1.54) is 17.0 Å². The van der Waals surface area contributed by atoms with E-state index < -0.39 is 11.8 Å². The van der Waals surface area contributed by atoms with Gasteiger partial charge in [0.2, 0.25) is 5.95 Å². The van der Waals surface area contributed by atoms with E-state index in [1.807, 2.05) is 22.9 Å². The van der Waals surface area contributed by atoms with Gasteiger partial charge in [-0.3, -0.25) is 14.9 Å². The van der Waals surface area contributed by atoms with E-state index in [1.54, 1.807) is 17.5 Å². The lowest BCUT2D eigenvalue weighted by molar-refractivity contribution is -0.122. The van der Waals surface area contributed by atoms with E-state index in [2.05, 4.69) is 26.2 Å². The Morgan fingerprint density at radius 3 is 2.67 bits per heavy atom. The van der Waals surface area contributed by atoms with Gasteiger partial charge in [-0.15, -0.1) is 22.7 Å². The summed E-state index contributed by atoms with van der Waals surface area (Å²) in [5.74, 6) is -0.212. The highest BCUT2D eigenvalue weighted by molar-refractivity contribution is 7.17. The van der Waals surface area contributed by atoms with Crippen LogP contribution in [-0.4, -0.2) is 57.8 Å².